The number of H-pyrrole nitrogens is 1. The number of aromatic nitrogens is 1. The monoisotopic (exact) mass is 360 g/mol. The molecule has 0 unspecified atom stereocenters. The summed E-state index contributed by atoms with van der Waals surface area (Å²) < 4.78 is 38.2. The largest absolute Gasteiger partial charge is 0.416 e. The molecule has 1 aromatic carbocycles. The van der Waals surface area contributed by atoms with Crippen LogP contribution in [0, 0.1) is 0 Å². The number of pyridine rings is 1. The second-order valence-electron chi connectivity index (χ2n) is 4.06. The fourth-order valence-electron chi connectivity index (χ4n) is 1.59. The van der Waals surface area contributed by atoms with Gasteiger partial charge in [0.05, 0.1) is 11.3 Å². The summed E-state index contributed by atoms with van der Waals surface area (Å²) in [6.45, 7) is 0. The van der Waals surface area contributed by atoms with Gasteiger partial charge in [0.25, 0.3) is 11.5 Å². The van der Waals surface area contributed by atoms with Gasteiger partial charge in [-0.2, -0.15) is 13.2 Å². The second kappa shape index (κ2) is 5.72. The summed E-state index contributed by atoms with van der Waals surface area (Å²) in [6.07, 6.45) is -3.18. The van der Waals surface area contributed by atoms with E-state index in [0.29, 0.717) is 0 Å². The lowest BCUT2D eigenvalue weighted by Gasteiger charge is -2.11. The number of aromatic amines is 1. The van der Waals surface area contributed by atoms with Gasteiger partial charge in [-0.25, -0.2) is 0 Å². The lowest BCUT2D eigenvalue weighted by Crippen LogP contribution is -2.22. The smallest absolute Gasteiger partial charge is 0.328 e. The Morgan fingerprint density at radius 3 is 2.57 bits per heavy atom. The zero-order chi connectivity index (χ0) is 15.6. The number of carbonyl (C=O) groups excluding carboxylic acids is 1. The molecule has 0 aliphatic rings. The van der Waals surface area contributed by atoms with E-state index in [2.05, 4.69) is 26.2 Å². The molecule has 110 valence electrons. The molecular weight excluding hydrogens is 353 g/mol. The predicted molar refractivity (Wildman–Crippen MR) is 74.2 cm³/mol. The van der Waals surface area contributed by atoms with Gasteiger partial charge in [-0.3, -0.25) is 9.59 Å². The van der Waals surface area contributed by atoms with Crippen LogP contribution >= 0.6 is 15.9 Å². The van der Waals surface area contributed by atoms with E-state index in [1.54, 1.807) is 0 Å². The Hall–Kier alpha value is -2.09. The van der Waals surface area contributed by atoms with Crippen LogP contribution in [0.5, 0.6) is 0 Å². The summed E-state index contributed by atoms with van der Waals surface area (Å²) in [4.78, 5) is 25.7. The molecule has 1 aromatic heterocycles. The van der Waals surface area contributed by atoms with Crippen LogP contribution in [0.2, 0.25) is 0 Å². The third kappa shape index (κ3) is 3.52. The molecule has 1 heterocycles. The van der Waals surface area contributed by atoms with Crippen LogP contribution in [0.25, 0.3) is 0 Å². The summed E-state index contributed by atoms with van der Waals surface area (Å²) in [6, 6.07) is 5.56. The molecule has 0 saturated carbocycles. The summed E-state index contributed by atoms with van der Waals surface area (Å²) in [5.74, 6) is -0.795. The van der Waals surface area contributed by atoms with Crippen molar-refractivity contribution in [1.82, 2.24) is 4.98 Å². The van der Waals surface area contributed by atoms with E-state index in [1.807, 2.05) is 0 Å². The van der Waals surface area contributed by atoms with Crippen molar-refractivity contribution in [2.75, 3.05) is 5.32 Å². The molecular formula is C13H8BrF3N2O2. The van der Waals surface area contributed by atoms with Gasteiger partial charge in [0.15, 0.2) is 0 Å². The van der Waals surface area contributed by atoms with Crippen molar-refractivity contribution in [3.63, 3.8) is 0 Å². The van der Waals surface area contributed by atoms with Crippen molar-refractivity contribution in [3.05, 3.63) is 62.5 Å². The minimum atomic E-state index is -4.52. The van der Waals surface area contributed by atoms with Crippen molar-refractivity contribution in [2.24, 2.45) is 0 Å². The first-order valence-corrected chi connectivity index (χ1v) is 6.44. The number of carbonyl (C=O) groups is 1. The number of nitrogens with one attached hydrogen (secondary N) is 2. The van der Waals surface area contributed by atoms with Crippen molar-refractivity contribution in [3.8, 4) is 0 Å². The fourth-order valence-corrected chi connectivity index (χ4v) is 1.93. The van der Waals surface area contributed by atoms with E-state index in [9.17, 15) is 22.8 Å². The van der Waals surface area contributed by atoms with Gasteiger partial charge < -0.3 is 10.3 Å². The number of amides is 1. The van der Waals surface area contributed by atoms with Gasteiger partial charge in [0.1, 0.15) is 5.56 Å². The third-order valence-corrected chi connectivity index (χ3v) is 3.30. The Morgan fingerprint density at radius 1 is 1.24 bits per heavy atom. The molecule has 0 fully saturated rings. The Balaban J connectivity index is 2.34. The van der Waals surface area contributed by atoms with Crippen LogP contribution in [0.15, 0.2) is 45.8 Å². The van der Waals surface area contributed by atoms with Crippen LogP contribution in [0.1, 0.15) is 15.9 Å². The number of halogens is 4. The Kier molecular flexibility index (Phi) is 4.17. The lowest BCUT2D eigenvalue weighted by atomic mass is 10.2. The van der Waals surface area contributed by atoms with E-state index in [1.165, 1.54) is 24.4 Å². The molecule has 8 heteroatoms. The van der Waals surface area contributed by atoms with Crippen molar-refractivity contribution in [2.45, 2.75) is 6.18 Å². The van der Waals surface area contributed by atoms with E-state index in [0.717, 1.165) is 12.1 Å². The van der Waals surface area contributed by atoms with Crippen molar-refractivity contribution >= 4 is 27.5 Å². The molecule has 4 nitrogen and oxygen atoms in total. The maximum atomic E-state index is 12.6. The standard InChI is InChI=1S/C13H8BrF3N2O2/c14-9-4-3-7(13(15,16)17)6-10(9)19-12(21)8-2-1-5-18-11(8)20/h1-6H,(H,18,20)(H,19,21). The highest BCUT2D eigenvalue weighted by molar-refractivity contribution is 9.10. The van der Waals surface area contributed by atoms with E-state index < -0.39 is 23.2 Å². The SMILES string of the molecule is O=C(Nc1cc(C(F)(F)F)ccc1Br)c1ccc[nH]c1=O. The topological polar surface area (TPSA) is 62.0 Å². The van der Waals surface area contributed by atoms with E-state index in [-0.39, 0.29) is 15.7 Å². The number of hydrogen-bond acceptors (Lipinski definition) is 2. The second-order valence-corrected chi connectivity index (χ2v) is 4.91. The average Bonchev–Trinajstić information content (AvgIpc) is 2.40. The van der Waals surface area contributed by atoms with E-state index in [4.69, 9.17) is 0 Å². The molecule has 2 rings (SSSR count). The van der Waals surface area contributed by atoms with Crippen molar-refractivity contribution in [1.29, 1.82) is 0 Å². The molecule has 0 atom stereocenters. The maximum absolute atomic E-state index is 12.6. The summed E-state index contributed by atoms with van der Waals surface area (Å²) >= 11 is 3.05. The Bertz CT molecular complexity index is 741. The van der Waals surface area contributed by atoms with Crippen LogP contribution < -0.4 is 10.9 Å². The summed E-state index contributed by atoms with van der Waals surface area (Å²) in [7, 11) is 0. The molecule has 0 radical (unpaired) electrons. The van der Waals surface area contributed by atoms with Gasteiger partial charge in [0, 0.05) is 10.7 Å². The maximum Gasteiger partial charge on any atom is 0.416 e. The number of alkyl halides is 3. The first kappa shape index (κ1) is 15.3. The summed E-state index contributed by atoms with van der Waals surface area (Å²) in [5, 5.41) is 2.27. The number of hydrogen-bond donors (Lipinski definition) is 2. The summed E-state index contributed by atoms with van der Waals surface area (Å²) in [5.41, 5.74) is -1.79. The van der Waals surface area contributed by atoms with Gasteiger partial charge >= 0.3 is 6.18 Å². The van der Waals surface area contributed by atoms with Gasteiger partial charge in [0.2, 0.25) is 0 Å². The zero-order valence-electron chi connectivity index (χ0n) is 10.3. The molecule has 0 aliphatic heterocycles. The molecule has 1 amide bonds. The molecule has 21 heavy (non-hydrogen) atoms. The highest BCUT2D eigenvalue weighted by Crippen LogP contribution is 2.34. The minimum Gasteiger partial charge on any atom is -0.328 e. The van der Waals surface area contributed by atoms with Crippen LogP contribution in [0.4, 0.5) is 18.9 Å². The Labute approximate surface area is 125 Å². The molecule has 2 aromatic rings. The number of benzene rings is 1. The van der Waals surface area contributed by atoms with Gasteiger partial charge in [-0.1, -0.05) is 0 Å². The first-order chi connectivity index (χ1) is 9.79. The van der Waals surface area contributed by atoms with E-state index >= 15 is 0 Å². The minimum absolute atomic E-state index is 0.0712. The molecule has 2 N–H and O–H groups in total. The fraction of sp³-hybridized carbons (Fsp3) is 0.0769. The molecule has 0 spiro atoms. The number of anilines is 1. The van der Waals surface area contributed by atoms with Crippen LogP contribution in [0.3, 0.4) is 0 Å². The highest BCUT2D eigenvalue weighted by Gasteiger charge is 2.31. The van der Waals surface area contributed by atoms with Crippen LogP contribution in [-0.4, -0.2) is 10.9 Å². The molecule has 0 saturated heterocycles. The number of rotatable bonds is 2. The van der Waals surface area contributed by atoms with Gasteiger partial charge in [-0.15, -0.1) is 0 Å². The lowest BCUT2D eigenvalue weighted by molar-refractivity contribution is -0.137. The average molecular weight is 361 g/mol. The van der Waals surface area contributed by atoms with Gasteiger partial charge in [-0.05, 0) is 46.3 Å². The third-order valence-electron chi connectivity index (χ3n) is 2.60. The van der Waals surface area contributed by atoms with Crippen molar-refractivity contribution < 1.29 is 18.0 Å². The molecule has 0 aliphatic carbocycles. The predicted octanol–water partition coefficient (Wildman–Crippen LogP) is 3.41. The highest BCUT2D eigenvalue weighted by atomic mass is 79.9. The quantitative estimate of drug-likeness (QED) is 0.861. The zero-order valence-corrected chi connectivity index (χ0v) is 11.9. The normalized spacial score (nSPS) is 11.2. The first-order valence-electron chi connectivity index (χ1n) is 5.65. The van der Waals surface area contributed by atoms with Crippen LogP contribution in [-0.2, 0) is 6.18 Å². The Morgan fingerprint density at radius 2 is 1.95 bits per heavy atom. The molecule has 0 bridgehead atoms.